The van der Waals surface area contributed by atoms with Crippen LogP contribution in [-0.4, -0.2) is 43.0 Å². The minimum atomic E-state index is -4.87. The first-order chi connectivity index (χ1) is 19.2. The molecule has 3 N–H and O–H groups in total. The number of alkyl halides is 3. The molecular weight excluding hydrogens is 573 g/mol. The van der Waals surface area contributed by atoms with Gasteiger partial charge in [0.05, 0.1) is 18.4 Å². The fourth-order valence-electron chi connectivity index (χ4n) is 4.38. The Bertz CT molecular complexity index is 1750. The summed E-state index contributed by atoms with van der Waals surface area (Å²) in [4.78, 5) is 13.0. The first kappa shape index (κ1) is 29.6. The summed E-state index contributed by atoms with van der Waals surface area (Å²) in [6.07, 6.45) is -1.64. The number of hydrogen-bond donors (Lipinski definition) is 2. The lowest BCUT2D eigenvalue weighted by Gasteiger charge is -2.28. The quantitative estimate of drug-likeness (QED) is 0.243. The third-order valence-corrected chi connectivity index (χ3v) is 7.59. The van der Waals surface area contributed by atoms with E-state index in [-0.39, 0.29) is 36.8 Å². The Balaban J connectivity index is 1.78. The molecule has 0 bridgehead atoms. The third-order valence-electron chi connectivity index (χ3n) is 6.19. The molecule has 0 atom stereocenters. The number of nitrogens with two attached hydrogens (primary N) is 1. The number of hydrogen-bond acceptors (Lipinski definition) is 5. The van der Waals surface area contributed by atoms with Crippen molar-refractivity contribution in [2.45, 2.75) is 19.1 Å². The summed E-state index contributed by atoms with van der Waals surface area (Å²) in [5, 5.41) is 6.95. The van der Waals surface area contributed by atoms with Gasteiger partial charge in [0.25, 0.3) is 5.56 Å². The van der Waals surface area contributed by atoms with Gasteiger partial charge in [0.15, 0.2) is 0 Å². The van der Waals surface area contributed by atoms with Crippen LogP contribution in [0.25, 0.3) is 16.8 Å². The third kappa shape index (κ3) is 6.20. The largest absolute Gasteiger partial charge is 0.495 e. The summed E-state index contributed by atoms with van der Waals surface area (Å²) in [6.45, 7) is -0.314. The molecule has 0 aliphatic carbocycles. The lowest BCUT2D eigenvalue weighted by molar-refractivity contribution is -0.137. The number of nitrogens with zero attached hydrogens (tertiary/aromatic N) is 3. The van der Waals surface area contributed by atoms with Crippen molar-refractivity contribution >= 4 is 22.3 Å². The lowest BCUT2D eigenvalue weighted by Crippen LogP contribution is -2.38. The van der Waals surface area contributed by atoms with Crippen molar-refractivity contribution in [1.82, 2.24) is 8.87 Å². The van der Waals surface area contributed by atoms with Crippen molar-refractivity contribution in [3.8, 4) is 22.6 Å². The number of rotatable bonds is 7. The highest BCUT2D eigenvalue weighted by Crippen LogP contribution is 2.37. The van der Waals surface area contributed by atoms with E-state index in [9.17, 15) is 30.8 Å². The highest BCUT2D eigenvalue weighted by atomic mass is 32.2. The predicted molar refractivity (Wildman–Crippen MR) is 142 cm³/mol. The summed E-state index contributed by atoms with van der Waals surface area (Å²) in [7, 11) is -3.02. The SMILES string of the molecule is COc1cc(-c2cc(F)cc(C(F)(F)F)c2)c(F)cc1-n1c2c(ccc1=O)CN(S(=O)(=O)/N=C(N)\C=C/C=N)CC2. The Labute approximate surface area is 230 Å². The minimum Gasteiger partial charge on any atom is -0.495 e. The Morgan fingerprint density at radius 3 is 2.54 bits per heavy atom. The maximum atomic E-state index is 15.4. The molecule has 0 unspecified atom stereocenters. The van der Waals surface area contributed by atoms with E-state index in [0.29, 0.717) is 23.4 Å². The van der Waals surface area contributed by atoms with Gasteiger partial charge >= 0.3 is 16.4 Å². The molecular formula is C26H22F5N5O4S. The number of allylic oxidation sites excluding steroid dienone is 1. The van der Waals surface area contributed by atoms with E-state index >= 15 is 4.39 Å². The van der Waals surface area contributed by atoms with Crippen LogP contribution in [0.4, 0.5) is 22.0 Å². The summed E-state index contributed by atoms with van der Waals surface area (Å²) in [6, 6.07) is 6.14. The maximum absolute atomic E-state index is 15.4. The van der Waals surface area contributed by atoms with Gasteiger partial charge in [-0.05, 0) is 47.5 Å². The number of methoxy groups -OCH3 is 1. The molecule has 9 nitrogen and oxygen atoms in total. The number of ether oxygens (including phenoxy) is 1. The topological polar surface area (TPSA) is 131 Å². The molecule has 15 heteroatoms. The first-order valence-electron chi connectivity index (χ1n) is 11.8. The van der Waals surface area contributed by atoms with Crippen LogP contribution >= 0.6 is 0 Å². The van der Waals surface area contributed by atoms with Gasteiger partial charge < -0.3 is 15.9 Å². The van der Waals surface area contributed by atoms with Gasteiger partial charge in [-0.25, -0.2) is 8.78 Å². The van der Waals surface area contributed by atoms with E-state index in [2.05, 4.69) is 4.40 Å². The molecule has 0 spiro atoms. The van der Waals surface area contributed by atoms with Crippen LogP contribution in [0.15, 0.2) is 63.8 Å². The van der Waals surface area contributed by atoms with Crippen LogP contribution in [0, 0.1) is 17.0 Å². The minimum absolute atomic E-state index is 0.00176. The van der Waals surface area contributed by atoms with E-state index in [4.69, 9.17) is 15.9 Å². The van der Waals surface area contributed by atoms with E-state index in [0.717, 1.165) is 45.4 Å². The Morgan fingerprint density at radius 1 is 1.15 bits per heavy atom. The zero-order valence-electron chi connectivity index (χ0n) is 21.2. The Hall–Kier alpha value is -4.37. The molecule has 1 aliphatic rings. The monoisotopic (exact) mass is 595 g/mol. The number of aromatic nitrogens is 1. The molecule has 0 radical (unpaired) electrons. The number of amidine groups is 1. The van der Waals surface area contributed by atoms with Gasteiger partial charge in [-0.2, -0.15) is 25.9 Å². The molecule has 1 aromatic heterocycles. The second-order valence-corrected chi connectivity index (χ2v) is 10.4. The van der Waals surface area contributed by atoms with Crippen LogP contribution in [0.1, 0.15) is 16.8 Å². The molecule has 4 rings (SSSR count). The molecule has 3 aromatic rings. The van der Waals surface area contributed by atoms with Crippen LogP contribution in [0.3, 0.4) is 0 Å². The maximum Gasteiger partial charge on any atom is 0.416 e. The Morgan fingerprint density at radius 2 is 1.88 bits per heavy atom. The van der Waals surface area contributed by atoms with Crippen LogP contribution in [0.2, 0.25) is 0 Å². The molecule has 2 heterocycles. The van der Waals surface area contributed by atoms with Crippen LogP contribution in [-0.2, 0) is 29.4 Å². The summed E-state index contributed by atoms with van der Waals surface area (Å²) < 4.78 is 106. The van der Waals surface area contributed by atoms with Gasteiger partial charge in [-0.1, -0.05) is 6.07 Å². The van der Waals surface area contributed by atoms with Crippen molar-refractivity contribution in [1.29, 1.82) is 5.41 Å². The average Bonchev–Trinajstić information content (AvgIpc) is 2.90. The van der Waals surface area contributed by atoms with Gasteiger partial charge in [0.2, 0.25) is 0 Å². The molecule has 2 aromatic carbocycles. The zero-order chi connectivity index (χ0) is 30.1. The highest BCUT2D eigenvalue weighted by molar-refractivity contribution is 7.87. The van der Waals surface area contributed by atoms with Gasteiger partial charge in [-0.15, -0.1) is 4.40 Å². The number of benzene rings is 2. The number of fused-ring (bicyclic) bond motifs is 1. The lowest BCUT2D eigenvalue weighted by atomic mass is 10.0. The molecule has 0 fully saturated rings. The fourth-order valence-corrected chi connectivity index (χ4v) is 5.44. The van der Waals surface area contributed by atoms with Crippen LogP contribution < -0.4 is 16.0 Å². The molecule has 216 valence electrons. The summed E-state index contributed by atoms with van der Waals surface area (Å²) >= 11 is 0. The number of pyridine rings is 1. The molecule has 0 saturated carbocycles. The number of nitrogens with one attached hydrogen (secondary N) is 1. The van der Waals surface area contributed by atoms with E-state index in [1.807, 2.05) is 0 Å². The molecule has 0 saturated heterocycles. The van der Waals surface area contributed by atoms with Crippen molar-refractivity contribution in [3.63, 3.8) is 0 Å². The standard InChI is InChI=1S/C26H22F5N5O4S/c1-40-23-12-19(16-9-17(26(29,30)31)11-18(27)10-16)20(28)13-22(23)36-21-6-8-35(14-15(21)4-5-25(36)37)41(38,39)34-24(33)3-2-7-32/h2-5,7,9-13,32H,6,8,14H2,1H3,(H2,33,34)/b3-2-,32-7?. The fraction of sp³-hybridized carbons (Fsp3) is 0.192. The Kier molecular flexibility index (Phi) is 8.12. The zero-order valence-corrected chi connectivity index (χ0v) is 22.1. The summed E-state index contributed by atoms with van der Waals surface area (Å²) in [5.41, 5.74) is 3.56. The van der Waals surface area contributed by atoms with Crippen LogP contribution in [0.5, 0.6) is 5.75 Å². The van der Waals surface area contributed by atoms with E-state index in [1.165, 1.54) is 19.3 Å². The van der Waals surface area contributed by atoms with Gasteiger partial charge in [0, 0.05) is 49.1 Å². The smallest absolute Gasteiger partial charge is 0.416 e. The van der Waals surface area contributed by atoms with Crippen molar-refractivity contribution in [2.75, 3.05) is 13.7 Å². The second kappa shape index (κ2) is 11.2. The van der Waals surface area contributed by atoms with Crippen molar-refractivity contribution in [2.24, 2.45) is 10.1 Å². The van der Waals surface area contributed by atoms with E-state index < -0.39 is 50.3 Å². The van der Waals surface area contributed by atoms with E-state index in [1.54, 1.807) is 0 Å². The molecule has 0 amide bonds. The molecule has 41 heavy (non-hydrogen) atoms. The van der Waals surface area contributed by atoms with Crippen molar-refractivity contribution < 1.29 is 35.1 Å². The van der Waals surface area contributed by atoms with Crippen molar-refractivity contribution in [3.05, 3.63) is 93.4 Å². The predicted octanol–water partition coefficient (Wildman–Crippen LogP) is 3.98. The molecule has 1 aliphatic heterocycles. The normalized spacial score (nSPS) is 14.7. The summed E-state index contributed by atoms with van der Waals surface area (Å²) in [5.74, 6) is -2.71. The second-order valence-electron chi connectivity index (χ2n) is 8.81. The number of halogens is 5. The first-order valence-corrected chi connectivity index (χ1v) is 13.2. The average molecular weight is 596 g/mol. The van der Waals surface area contributed by atoms with Gasteiger partial charge in [-0.3, -0.25) is 9.36 Å². The van der Waals surface area contributed by atoms with Gasteiger partial charge in [0.1, 0.15) is 23.2 Å². The highest BCUT2D eigenvalue weighted by Gasteiger charge is 2.32.